The summed E-state index contributed by atoms with van der Waals surface area (Å²) in [4.78, 5) is 2.48. The van der Waals surface area contributed by atoms with Gasteiger partial charge in [0.05, 0.1) is 7.11 Å². The molecular weight excluding hydrogens is 260 g/mol. The summed E-state index contributed by atoms with van der Waals surface area (Å²) in [6.45, 7) is 10.1. The number of nitrogens with zero attached hydrogens (tertiary/aromatic N) is 1. The number of benzene rings is 1. The molecule has 2 unspecified atom stereocenters. The lowest BCUT2D eigenvalue weighted by molar-refractivity contribution is 0.257. The lowest BCUT2D eigenvalue weighted by Crippen LogP contribution is -2.41. The minimum atomic E-state index is 0.487. The smallest absolute Gasteiger partial charge is 0.118 e. The Hall–Kier alpha value is -1.06. The van der Waals surface area contributed by atoms with E-state index in [1.54, 1.807) is 7.11 Å². The maximum Gasteiger partial charge on any atom is 0.118 e. The molecule has 0 amide bonds. The molecule has 1 aliphatic carbocycles. The van der Waals surface area contributed by atoms with Gasteiger partial charge in [0.15, 0.2) is 0 Å². The molecule has 0 aromatic heterocycles. The molecule has 3 nitrogen and oxygen atoms in total. The van der Waals surface area contributed by atoms with Crippen molar-refractivity contribution >= 4 is 0 Å². The van der Waals surface area contributed by atoms with Crippen LogP contribution in [0.4, 0.5) is 0 Å². The van der Waals surface area contributed by atoms with Crippen LogP contribution in [0, 0.1) is 5.92 Å². The second-order valence-electron chi connectivity index (χ2n) is 6.14. The standard InChI is InChI=1S/C18H30N2O/c1-5-20(6-2)13-14(3)19-18(15-7-8-15)16-9-11-17(21-4)12-10-16/h9-12,14-15,18-19H,5-8,13H2,1-4H3. The first-order valence-corrected chi connectivity index (χ1v) is 8.30. The van der Waals surface area contributed by atoms with Crippen molar-refractivity contribution in [1.82, 2.24) is 10.2 Å². The molecule has 1 saturated carbocycles. The van der Waals surface area contributed by atoms with Crippen LogP contribution in [0.2, 0.25) is 0 Å². The first-order valence-electron chi connectivity index (χ1n) is 8.30. The molecule has 0 aliphatic heterocycles. The van der Waals surface area contributed by atoms with Gasteiger partial charge in [0.1, 0.15) is 5.75 Å². The molecule has 0 spiro atoms. The van der Waals surface area contributed by atoms with Crippen LogP contribution in [0.1, 0.15) is 45.2 Å². The highest BCUT2D eigenvalue weighted by Gasteiger charge is 2.33. The van der Waals surface area contributed by atoms with Gasteiger partial charge in [-0.1, -0.05) is 26.0 Å². The number of hydrogen-bond acceptors (Lipinski definition) is 3. The average molecular weight is 290 g/mol. The third-order valence-electron chi connectivity index (χ3n) is 4.46. The fraction of sp³-hybridized carbons (Fsp3) is 0.667. The van der Waals surface area contributed by atoms with Gasteiger partial charge in [-0.05, 0) is 56.5 Å². The van der Waals surface area contributed by atoms with Gasteiger partial charge in [-0.15, -0.1) is 0 Å². The van der Waals surface area contributed by atoms with E-state index in [9.17, 15) is 0 Å². The number of hydrogen-bond donors (Lipinski definition) is 1. The van der Waals surface area contributed by atoms with E-state index in [4.69, 9.17) is 4.74 Å². The monoisotopic (exact) mass is 290 g/mol. The molecule has 1 N–H and O–H groups in total. The summed E-state index contributed by atoms with van der Waals surface area (Å²) in [5.41, 5.74) is 1.39. The van der Waals surface area contributed by atoms with Crippen molar-refractivity contribution in [3.63, 3.8) is 0 Å². The number of likely N-dealkylation sites (N-methyl/N-ethyl adjacent to an activating group) is 1. The lowest BCUT2D eigenvalue weighted by atomic mass is 10.0. The van der Waals surface area contributed by atoms with Gasteiger partial charge < -0.3 is 15.0 Å². The number of methoxy groups -OCH3 is 1. The van der Waals surface area contributed by atoms with Gasteiger partial charge in [0, 0.05) is 18.6 Å². The molecular formula is C18H30N2O. The van der Waals surface area contributed by atoms with E-state index in [-0.39, 0.29) is 0 Å². The second kappa shape index (κ2) is 7.81. The Kier molecular flexibility index (Phi) is 6.07. The Labute approximate surface area is 129 Å². The van der Waals surface area contributed by atoms with Crippen LogP contribution in [0.25, 0.3) is 0 Å². The summed E-state index contributed by atoms with van der Waals surface area (Å²) in [6.07, 6.45) is 2.70. The minimum Gasteiger partial charge on any atom is -0.497 e. The van der Waals surface area contributed by atoms with E-state index in [2.05, 4.69) is 55.3 Å². The molecule has 21 heavy (non-hydrogen) atoms. The lowest BCUT2D eigenvalue weighted by Gasteiger charge is -2.28. The predicted molar refractivity (Wildman–Crippen MR) is 88.8 cm³/mol. The Balaban J connectivity index is 1.98. The first-order chi connectivity index (χ1) is 10.2. The van der Waals surface area contributed by atoms with Crippen LogP contribution in [0.15, 0.2) is 24.3 Å². The largest absolute Gasteiger partial charge is 0.497 e. The van der Waals surface area contributed by atoms with Crippen LogP contribution >= 0.6 is 0 Å². The molecule has 2 atom stereocenters. The highest BCUT2D eigenvalue weighted by atomic mass is 16.5. The van der Waals surface area contributed by atoms with E-state index in [1.807, 2.05) is 0 Å². The van der Waals surface area contributed by atoms with Crippen LogP contribution in [0.5, 0.6) is 5.75 Å². The van der Waals surface area contributed by atoms with E-state index >= 15 is 0 Å². The van der Waals surface area contributed by atoms with Crippen molar-refractivity contribution in [3.05, 3.63) is 29.8 Å². The van der Waals surface area contributed by atoms with Crippen molar-refractivity contribution in [1.29, 1.82) is 0 Å². The number of rotatable bonds is 9. The Morgan fingerprint density at radius 3 is 2.29 bits per heavy atom. The van der Waals surface area contributed by atoms with E-state index < -0.39 is 0 Å². The number of ether oxygens (including phenoxy) is 1. The van der Waals surface area contributed by atoms with Crippen molar-refractivity contribution < 1.29 is 4.74 Å². The van der Waals surface area contributed by atoms with Gasteiger partial charge in [-0.3, -0.25) is 0 Å². The summed E-state index contributed by atoms with van der Waals surface area (Å²) < 4.78 is 5.26. The molecule has 0 radical (unpaired) electrons. The van der Waals surface area contributed by atoms with Gasteiger partial charge >= 0.3 is 0 Å². The van der Waals surface area contributed by atoms with E-state index in [0.717, 1.165) is 31.3 Å². The summed E-state index contributed by atoms with van der Waals surface area (Å²) in [5.74, 6) is 1.74. The van der Waals surface area contributed by atoms with Crippen LogP contribution in [-0.2, 0) is 0 Å². The zero-order valence-electron chi connectivity index (χ0n) is 13.9. The second-order valence-corrected chi connectivity index (χ2v) is 6.14. The maximum atomic E-state index is 5.26. The first kappa shape index (κ1) is 16.3. The summed E-state index contributed by atoms with van der Waals surface area (Å²) in [7, 11) is 1.72. The highest BCUT2D eigenvalue weighted by molar-refractivity contribution is 5.30. The van der Waals surface area contributed by atoms with Crippen molar-refractivity contribution in [2.75, 3.05) is 26.7 Å². The predicted octanol–water partition coefficient (Wildman–Crippen LogP) is 3.47. The molecule has 3 heteroatoms. The van der Waals surface area contributed by atoms with Gasteiger partial charge in [-0.2, -0.15) is 0 Å². The summed E-state index contributed by atoms with van der Waals surface area (Å²) in [6, 6.07) is 9.56. The highest BCUT2D eigenvalue weighted by Crippen LogP contribution is 2.41. The summed E-state index contributed by atoms with van der Waals surface area (Å²) in [5, 5.41) is 3.85. The average Bonchev–Trinajstić information content (AvgIpc) is 3.35. The van der Waals surface area contributed by atoms with E-state index in [0.29, 0.717) is 12.1 Å². The zero-order valence-corrected chi connectivity index (χ0v) is 13.9. The van der Waals surface area contributed by atoms with Crippen LogP contribution < -0.4 is 10.1 Å². The van der Waals surface area contributed by atoms with Crippen LogP contribution in [0.3, 0.4) is 0 Å². The van der Waals surface area contributed by atoms with Crippen molar-refractivity contribution in [2.24, 2.45) is 5.92 Å². The molecule has 1 aromatic rings. The molecule has 0 bridgehead atoms. The third kappa shape index (κ3) is 4.72. The maximum absolute atomic E-state index is 5.26. The van der Waals surface area contributed by atoms with Crippen LogP contribution in [-0.4, -0.2) is 37.7 Å². The SMILES string of the molecule is CCN(CC)CC(C)NC(c1ccc(OC)cc1)C1CC1. The van der Waals surface area contributed by atoms with Crippen molar-refractivity contribution in [2.45, 2.75) is 45.7 Å². The Bertz CT molecular complexity index is 410. The van der Waals surface area contributed by atoms with E-state index in [1.165, 1.54) is 18.4 Å². The molecule has 0 saturated heterocycles. The molecule has 0 heterocycles. The number of nitrogens with one attached hydrogen (secondary N) is 1. The third-order valence-corrected chi connectivity index (χ3v) is 4.46. The zero-order chi connectivity index (χ0) is 15.2. The summed E-state index contributed by atoms with van der Waals surface area (Å²) >= 11 is 0. The fourth-order valence-electron chi connectivity index (χ4n) is 2.97. The molecule has 118 valence electrons. The molecule has 2 rings (SSSR count). The normalized spacial score (nSPS) is 17.8. The topological polar surface area (TPSA) is 24.5 Å². The fourth-order valence-corrected chi connectivity index (χ4v) is 2.97. The molecule has 1 fully saturated rings. The minimum absolute atomic E-state index is 0.487. The van der Waals surface area contributed by atoms with Crippen molar-refractivity contribution in [3.8, 4) is 5.75 Å². The quantitative estimate of drug-likeness (QED) is 0.753. The van der Waals surface area contributed by atoms with Gasteiger partial charge in [-0.25, -0.2) is 0 Å². The molecule has 1 aromatic carbocycles. The molecule has 1 aliphatic rings. The van der Waals surface area contributed by atoms with Gasteiger partial charge in [0.25, 0.3) is 0 Å². The van der Waals surface area contributed by atoms with Gasteiger partial charge in [0.2, 0.25) is 0 Å². The Morgan fingerprint density at radius 2 is 1.81 bits per heavy atom. The Morgan fingerprint density at radius 1 is 1.19 bits per heavy atom.